The zero-order valence-electron chi connectivity index (χ0n) is 10.8. The topological polar surface area (TPSA) is 57.6 Å². The summed E-state index contributed by atoms with van der Waals surface area (Å²) in [5.74, 6) is -1.18. The van der Waals surface area contributed by atoms with Crippen molar-refractivity contribution in [1.29, 1.82) is 0 Å². The van der Waals surface area contributed by atoms with Gasteiger partial charge < -0.3 is 10.0 Å². The number of hydrogen-bond donors (Lipinski definition) is 1. The maximum absolute atomic E-state index is 12.3. The predicted octanol–water partition coefficient (Wildman–Crippen LogP) is 2.87. The molecular formula is C13H17NO3S. The van der Waals surface area contributed by atoms with E-state index in [1.165, 1.54) is 6.07 Å². The minimum Gasteiger partial charge on any atom is -0.477 e. The summed E-state index contributed by atoms with van der Waals surface area (Å²) < 4.78 is 0. The Kier molecular flexibility index (Phi) is 4.29. The lowest BCUT2D eigenvalue weighted by molar-refractivity contribution is 0.0621. The smallest absolute Gasteiger partial charge is 0.345 e. The highest BCUT2D eigenvalue weighted by molar-refractivity contribution is 7.15. The van der Waals surface area contributed by atoms with E-state index < -0.39 is 5.97 Å². The zero-order chi connectivity index (χ0) is 13.9. The molecule has 0 fully saturated rings. The molecule has 0 spiro atoms. The molecule has 4 nitrogen and oxygen atoms in total. The van der Waals surface area contributed by atoms with E-state index in [1.807, 2.05) is 20.8 Å². The molecule has 1 aromatic heterocycles. The van der Waals surface area contributed by atoms with Crippen molar-refractivity contribution >= 4 is 23.2 Å². The van der Waals surface area contributed by atoms with Crippen molar-refractivity contribution in [3.8, 4) is 0 Å². The van der Waals surface area contributed by atoms with Crippen molar-refractivity contribution in [3.63, 3.8) is 0 Å². The monoisotopic (exact) mass is 267 g/mol. The molecule has 98 valence electrons. The van der Waals surface area contributed by atoms with E-state index in [0.717, 1.165) is 11.3 Å². The van der Waals surface area contributed by atoms with Crippen molar-refractivity contribution in [2.24, 2.45) is 0 Å². The lowest BCUT2D eigenvalue weighted by Gasteiger charge is -2.34. The van der Waals surface area contributed by atoms with Crippen molar-refractivity contribution in [3.05, 3.63) is 34.5 Å². The Hall–Kier alpha value is -1.62. The van der Waals surface area contributed by atoms with Gasteiger partial charge in [0.05, 0.1) is 4.88 Å². The van der Waals surface area contributed by atoms with Crippen LogP contribution in [0.3, 0.4) is 0 Å². The first-order chi connectivity index (χ1) is 8.27. The van der Waals surface area contributed by atoms with E-state index in [2.05, 4.69) is 6.58 Å². The first-order valence-electron chi connectivity index (χ1n) is 5.53. The van der Waals surface area contributed by atoms with Crippen molar-refractivity contribution < 1.29 is 14.7 Å². The van der Waals surface area contributed by atoms with Gasteiger partial charge in [-0.05, 0) is 32.9 Å². The minimum atomic E-state index is -1.01. The fourth-order valence-corrected chi connectivity index (χ4v) is 2.29. The lowest BCUT2D eigenvalue weighted by Crippen LogP contribution is -2.45. The first-order valence-corrected chi connectivity index (χ1v) is 6.35. The Balaban J connectivity index is 3.02. The molecule has 1 heterocycles. The standard InChI is InChI=1S/C13H17NO3S/c1-5-8-14(13(2,3)4)11(15)9-6-7-10(18-9)12(16)17/h5-7H,1,8H2,2-4H3,(H,16,17). The molecule has 0 atom stereocenters. The maximum Gasteiger partial charge on any atom is 0.345 e. The molecule has 0 saturated heterocycles. The van der Waals surface area contributed by atoms with Crippen LogP contribution in [-0.2, 0) is 0 Å². The molecule has 0 saturated carbocycles. The van der Waals surface area contributed by atoms with Gasteiger partial charge in [-0.2, -0.15) is 0 Å². The summed E-state index contributed by atoms with van der Waals surface area (Å²) in [7, 11) is 0. The van der Waals surface area contributed by atoms with Crippen LogP contribution in [0.25, 0.3) is 0 Å². The molecule has 0 aliphatic rings. The normalized spacial score (nSPS) is 11.1. The van der Waals surface area contributed by atoms with Gasteiger partial charge in [-0.3, -0.25) is 4.79 Å². The van der Waals surface area contributed by atoms with Crippen molar-refractivity contribution in [2.45, 2.75) is 26.3 Å². The molecule has 0 aliphatic heterocycles. The van der Waals surface area contributed by atoms with Gasteiger partial charge in [0.15, 0.2) is 0 Å². The Morgan fingerprint density at radius 3 is 2.33 bits per heavy atom. The number of carboxylic acids is 1. The number of carboxylic acid groups (broad SMARTS) is 1. The molecule has 0 unspecified atom stereocenters. The summed E-state index contributed by atoms with van der Waals surface area (Å²) in [6.07, 6.45) is 1.66. The molecule has 0 aliphatic carbocycles. The highest BCUT2D eigenvalue weighted by atomic mass is 32.1. The third kappa shape index (κ3) is 3.20. The van der Waals surface area contributed by atoms with Crippen LogP contribution < -0.4 is 0 Å². The average molecular weight is 267 g/mol. The molecular weight excluding hydrogens is 250 g/mol. The predicted molar refractivity (Wildman–Crippen MR) is 72.3 cm³/mol. The molecule has 0 radical (unpaired) electrons. The van der Waals surface area contributed by atoms with Gasteiger partial charge in [0.25, 0.3) is 5.91 Å². The average Bonchev–Trinajstić information content (AvgIpc) is 2.72. The van der Waals surface area contributed by atoms with E-state index in [4.69, 9.17) is 5.11 Å². The Morgan fingerprint density at radius 2 is 1.94 bits per heavy atom. The van der Waals surface area contributed by atoms with Gasteiger partial charge in [0.1, 0.15) is 4.88 Å². The third-order valence-corrected chi connectivity index (χ3v) is 3.46. The molecule has 1 aromatic rings. The number of carbonyl (C=O) groups excluding carboxylic acids is 1. The molecule has 0 aromatic carbocycles. The largest absolute Gasteiger partial charge is 0.477 e. The Bertz CT molecular complexity index is 471. The van der Waals surface area contributed by atoms with Gasteiger partial charge in [-0.25, -0.2) is 4.79 Å². The second-order valence-corrected chi connectivity index (χ2v) is 5.93. The summed E-state index contributed by atoms with van der Waals surface area (Å²) in [5, 5.41) is 8.85. The second-order valence-electron chi connectivity index (χ2n) is 4.84. The molecule has 1 rings (SSSR count). The highest BCUT2D eigenvalue weighted by Crippen LogP contribution is 2.22. The van der Waals surface area contributed by atoms with E-state index in [-0.39, 0.29) is 16.3 Å². The highest BCUT2D eigenvalue weighted by Gasteiger charge is 2.27. The van der Waals surface area contributed by atoms with E-state index in [0.29, 0.717) is 11.4 Å². The van der Waals surface area contributed by atoms with Crippen LogP contribution >= 0.6 is 11.3 Å². The van der Waals surface area contributed by atoms with Crippen LogP contribution in [0.15, 0.2) is 24.8 Å². The fraction of sp³-hybridized carbons (Fsp3) is 0.385. The quantitative estimate of drug-likeness (QED) is 0.853. The SMILES string of the molecule is C=CCN(C(=O)c1ccc(C(=O)O)s1)C(C)(C)C. The molecule has 1 amide bonds. The van der Waals surface area contributed by atoms with E-state index in [1.54, 1.807) is 17.0 Å². The van der Waals surface area contributed by atoms with Gasteiger partial charge in [-0.1, -0.05) is 6.08 Å². The van der Waals surface area contributed by atoms with Gasteiger partial charge in [0, 0.05) is 12.1 Å². The van der Waals surface area contributed by atoms with Gasteiger partial charge in [-0.15, -0.1) is 17.9 Å². The maximum atomic E-state index is 12.3. The number of aromatic carboxylic acids is 1. The van der Waals surface area contributed by atoms with Gasteiger partial charge in [0.2, 0.25) is 0 Å². The van der Waals surface area contributed by atoms with Crippen molar-refractivity contribution in [2.75, 3.05) is 6.54 Å². The van der Waals surface area contributed by atoms with E-state index >= 15 is 0 Å². The molecule has 18 heavy (non-hydrogen) atoms. The van der Waals surface area contributed by atoms with Crippen LogP contribution in [0.2, 0.25) is 0 Å². The number of amides is 1. The second kappa shape index (κ2) is 5.35. The van der Waals surface area contributed by atoms with Crippen LogP contribution in [0.5, 0.6) is 0 Å². The molecule has 1 N–H and O–H groups in total. The van der Waals surface area contributed by atoms with Crippen LogP contribution in [-0.4, -0.2) is 34.0 Å². The summed E-state index contributed by atoms with van der Waals surface area (Å²) in [6.45, 7) is 9.86. The lowest BCUT2D eigenvalue weighted by atomic mass is 10.1. The first kappa shape index (κ1) is 14.4. The summed E-state index contributed by atoms with van der Waals surface area (Å²) in [5.41, 5.74) is -0.335. The number of thiophene rings is 1. The summed E-state index contributed by atoms with van der Waals surface area (Å²) in [4.78, 5) is 25.4. The minimum absolute atomic E-state index is 0.167. The molecule has 5 heteroatoms. The Labute approximate surface area is 111 Å². The van der Waals surface area contributed by atoms with E-state index in [9.17, 15) is 9.59 Å². The molecule has 0 bridgehead atoms. The third-order valence-electron chi connectivity index (χ3n) is 2.39. The van der Waals surface area contributed by atoms with Crippen LogP contribution in [0.1, 0.15) is 40.1 Å². The Morgan fingerprint density at radius 1 is 1.39 bits per heavy atom. The van der Waals surface area contributed by atoms with Crippen molar-refractivity contribution in [1.82, 2.24) is 4.90 Å². The summed E-state index contributed by atoms with van der Waals surface area (Å²) >= 11 is 0.994. The number of nitrogens with zero attached hydrogens (tertiary/aromatic N) is 1. The number of hydrogen-bond acceptors (Lipinski definition) is 3. The fourth-order valence-electron chi connectivity index (χ4n) is 1.49. The van der Waals surface area contributed by atoms with Crippen LogP contribution in [0.4, 0.5) is 0 Å². The summed E-state index contributed by atoms with van der Waals surface area (Å²) in [6, 6.07) is 3.01. The number of rotatable bonds is 4. The number of carbonyl (C=O) groups is 2. The van der Waals surface area contributed by atoms with Crippen LogP contribution in [0, 0.1) is 0 Å². The zero-order valence-corrected chi connectivity index (χ0v) is 11.6. The van der Waals surface area contributed by atoms with Gasteiger partial charge >= 0.3 is 5.97 Å².